The van der Waals surface area contributed by atoms with Crippen LogP contribution in [0.15, 0.2) is 59.0 Å². The maximum Gasteiger partial charge on any atom is 0.307 e. The summed E-state index contributed by atoms with van der Waals surface area (Å²) in [6.45, 7) is 8.10. The first-order chi connectivity index (χ1) is 15.8. The summed E-state index contributed by atoms with van der Waals surface area (Å²) in [6.07, 6.45) is 1.19. The zero-order chi connectivity index (χ0) is 23.4. The van der Waals surface area contributed by atoms with E-state index in [1.165, 1.54) is 6.07 Å². The maximum atomic E-state index is 13.8. The second-order valence-corrected chi connectivity index (χ2v) is 9.33. The molecule has 0 saturated heterocycles. The van der Waals surface area contributed by atoms with Crippen LogP contribution in [0.3, 0.4) is 0 Å². The van der Waals surface area contributed by atoms with Crippen molar-refractivity contribution in [2.45, 2.75) is 52.4 Å². The molecule has 0 N–H and O–H groups in total. The van der Waals surface area contributed by atoms with Gasteiger partial charge in [-0.05, 0) is 57.2 Å². The average molecular weight is 452 g/mol. The summed E-state index contributed by atoms with van der Waals surface area (Å²) < 4.78 is 31.0. The lowest BCUT2D eigenvalue weighted by Gasteiger charge is -2.26. The number of rotatable bonds is 7. The van der Waals surface area contributed by atoms with Crippen LogP contribution in [0.4, 0.5) is 4.39 Å². The van der Waals surface area contributed by atoms with Crippen LogP contribution in [-0.2, 0) is 29.1 Å². The minimum atomic E-state index is -0.454. The van der Waals surface area contributed by atoms with E-state index in [2.05, 4.69) is 11.0 Å². The molecule has 0 spiro atoms. The van der Waals surface area contributed by atoms with Crippen molar-refractivity contribution in [1.82, 2.24) is 4.90 Å². The van der Waals surface area contributed by atoms with Gasteiger partial charge in [0.15, 0.2) is 0 Å². The van der Waals surface area contributed by atoms with E-state index in [9.17, 15) is 9.18 Å². The van der Waals surface area contributed by atoms with Crippen LogP contribution >= 0.6 is 0 Å². The van der Waals surface area contributed by atoms with Gasteiger partial charge in [-0.25, -0.2) is 4.39 Å². The predicted octanol–water partition coefficient (Wildman–Crippen LogP) is 5.75. The third-order valence-corrected chi connectivity index (χ3v) is 5.49. The summed E-state index contributed by atoms with van der Waals surface area (Å²) in [5, 5.41) is 0. The van der Waals surface area contributed by atoms with E-state index in [1.54, 1.807) is 18.2 Å². The Morgan fingerprint density at radius 3 is 2.61 bits per heavy atom. The molecule has 0 bridgehead atoms. The fourth-order valence-corrected chi connectivity index (χ4v) is 3.86. The first-order valence-corrected chi connectivity index (χ1v) is 11.3. The molecular formula is C27H30FNO4. The van der Waals surface area contributed by atoms with E-state index < -0.39 is 5.60 Å². The Labute approximate surface area is 194 Å². The fourth-order valence-electron chi connectivity index (χ4n) is 3.86. The lowest BCUT2D eigenvalue weighted by atomic mass is 10.1. The standard InChI is InChI=1S/C27H30FNO4/c1-27(2,3)33-26(30)13-15-29-14-12-24-21(17-29)16-25(32-24)19-8-10-22(11-9-19)31-18-20-6-4-5-7-23(20)28/h4-11,16H,12-15,17-18H2,1-3H3. The molecule has 174 valence electrons. The summed E-state index contributed by atoms with van der Waals surface area (Å²) >= 11 is 0. The quantitative estimate of drug-likeness (QED) is 0.428. The van der Waals surface area contributed by atoms with Crippen molar-refractivity contribution in [3.05, 3.63) is 77.3 Å². The smallest absolute Gasteiger partial charge is 0.307 e. The predicted molar refractivity (Wildman–Crippen MR) is 124 cm³/mol. The van der Waals surface area contributed by atoms with Gasteiger partial charge < -0.3 is 13.9 Å². The third kappa shape index (κ3) is 6.23. The minimum absolute atomic E-state index is 0.168. The molecule has 4 rings (SSSR count). The molecule has 33 heavy (non-hydrogen) atoms. The first-order valence-electron chi connectivity index (χ1n) is 11.3. The van der Waals surface area contributed by atoms with Gasteiger partial charge in [-0.1, -0.05) is 18.2 Å². The van der Waals surface area contributed by atoms with Gasteiger partial charge in [0.05, 0.1) is 6.42 Å². The summed E-state index contributed by atoms with van der Waals surface area (Å²) in [4.78, 5) is 14.3. The molecule has 2 heterocycles. The number of hydrogen-bond acceptors (Lipinski definition) is 5. The molecule has 1 aromatic heterocycles. The van der Waals surface area contributed by atoms with Crippen LogP contribution in [-0.4, -0.2) is 29.6 Å². The molecule has 1 aliphatic rings. The Balaban J connectivity index is 1.33. The Morgan fingerprint density at radius 1 is 1.12 bits per heavy atom. The van der Waals surface area contributed by atoms with Gasteiger partial charge in [-0.3, -0.25) is 9.69 Å². The van der Waals surface area contributed by atoms with Gasteiger partial charge in [0.25, 0.3) is 0 Å². The van der Waals surface area contributed by atoms with Crippen LogP contribution in [0.5, 0.6) is 5.75 Å². The number of halogens is 1. The number of carbonyl (C=O) groups excluding carboxylic acids is 1. The van der Waals surface area contributed by atoms with Gasteiger partial charge in [0.2, 0.25) is 0 Å². The molecule has 0 aliphatic carbocycles. The molecule has 5 nitrogen and oxygen atoms in total. The van der Waals surface area contributed by atoms with Gasteiger partial charge in [0, 0.05) is 42.7 Å². The normalized spacial score (nSPS) is 14.1. The summed E-state index contributed by atoms with van der Waals surface area (Å²) in [6, 6.07) is 16.3. The highest BCUT2D eigenvalue weighted by Crippen LogP contribution is 2.31. The van der Waals surface area contributed by atoms with E-state index in [0.29, 0.717) is 24.3 Å². The van der Waals surface area contributed by atoms with E-state index in [4.69, 9.17) is 13.9 Å². The zero-order valence-corrected chi connectivity index (χ0v) is 19.4. The zero-order valence-electron chi connectivity index (χ0n) is 19.4. The van der Waals surface area contributed by atoms with Crippen molar-refractivity contribution in [3.63, 3.8) is 0 Å². The maximum absolute atomic E-state index is 13.8. The number of carbonyl (C=O) groups is 1. The summed E-state index contributed by atoms with van der Waals surface area (Å²) in [7, 11) is 0. The highest BCUT2D eigenvalue weighted by Gasteiger charge is 2.23. The van der Waals surface area contributed by atoms with Gasteiger partial charge in [-0.15, -0.1) is 0 Å². The molecule has 0 atom stereocenters. The number of fused-ring (bicyclic) bond motifs is 1. The van der Waals surface area contributed by atoms with Gasteiger partial charge in [-0.2, -0.15) is 0 Å². The monoisotopic (exact) mass is 451 g/mol. The van der Waals surface area contributed by atoms with Crippen molar-refractivity contribution in [3.8, 4) is 17.1 Å². The average Bonchev–Trinajstić information content (AvgIpc) is 3.20. The molecule has 0 saturated carbocycles. The van der Waals surface area contributed by atoms with E-state index >= 15 is 0 Å². The van der Waals surface area contributed by atoms with E-state index in [-0.39, 0.29) is 18.4 Å². The number of nitrogens with zero attached hydrogens (tertiary/aromatic N) is 1. The number of ether oxygens (including phenoxy) is 2. The highest BCUT2D eigenvalue weighted by molar-refractivity contribution is 5.70. The molecule has 0 amide bonds. The van der Waals surface area contributed by atoms with Crippen LogP contribution in [0, 0.1) is 5.82 Å². The SMILES string of the molecule is CC(C)(C)OC(=O)CCN1CCc2oc(-c3ccc(OCc4ccccc4F)cc3)cc2C1. The molecule has 0 radical (unpaired) electrons. The lowest BCUT2D eigenvalue weighted by molar-refractivity contribution is -0.155. The fraction of sp³-hybridized carbons (Fsp3) is 0.370. The second kappa shape index (κ2) is 9.79. The van der Waals surface area contributed by atoms with Crippen molar-refractivity contribution >= 4 is 5.97 Å². The molecule has 1 aliphatic heterocycles. The Bertz CT molecular complexity index is 1100. The number of hydrogen-bond donors (Lipinski definition) is 0. The summed E-state index contributed by atoms with van der Waals surface area (Å²) in [5.41, 5.74) is 2.18. The molecule has 0 fully saturated rings. The first kappa shape index (κ1) is 23.1. The number of esters is 1. The van der Waals surface area contributed by atoms with E-state index in [0.717, 1.165) is 42.2 Å². The minimum Gasteiger partial charge on any atom is -0.489 e. The Morgan fingerprint density at radius 2 is 1.88 bits per heavy atom. The molecule has 2 aromatic carbocycles. The van der Waals surface area contributed by atoms with Crippen molar-refractivity contribution in [2.75, 3.05) is 13.1 Å². The van der Waals surface area contributed by atoms with Crippen LogP contribution in [0.2, 0.25) is 0 Å². The number of benzene rings is 2. The van der Waals surface area contributed by atoms with E-state index in [1.807, 2.05) is 45.0 Å². The van der Waals surface area contributed by atoms with Crippen LogP contribution in [0.25, 0.3) is 11.3 Å². The summed E-state index contributed by atoms with van der Waals surface area (Å²) in [5.74, 6) is 2.05. The van der Waals surface area contributed by atoms with Crippen molar-refractivity contribution < 1.29 is 23.1 Å². The Hall–Kier alpha value is -3.12. The topological polar surface area (TPSA) is 51.9 Å². The molecule has 0 unspecified atom stereocenters. The lowest BCUT2D eigenvalue weighted by Crippen LogP contribution is -2.33. The highest BCUT2D eigenvalue weighted by atomic mass is 19.1. The molecule has 6 heteroatoms. The van der Waals surface area contributed by atoms with Crippen molar-refractivity contribution in [1.29, 1.82) is 0 Å². The largest absolute Gasteiger partial charge is 0.489 e. The van der Waals surface area contributed by atoms with Crippen LogP contribution in [0.1, 0.15) is 44.1 Å². The third-order valence-electron chi connectivity index (χ3n) is 5.49. The molecule has 3 aromatic rings. The Kier molecular flexibility index (Phi) is 6.84. The van der Waals surface area contributed by atoms with Gasteiger partial charge >= 0.3 is 5.97 Å². The van der Waals surface area contributed by atoms with Crippen molar-refractivity contribution in [2.24, 2.45) is 0 Å². The molecular weight excluding hydrogens is 421 g/mol. The van der Waals surface area contributed by atoms with Gasteiger partial charge in [0.1, 0.15) is 35.3 Å². The number of furan rings is 1. The second-order valence-electron chi connectivity index (χ2n) is 9.33. The van der Waals surface area contributed by atoms with Crippen LogP contribution < -0.4 is 4.74 Å².